The average molecular weight is 569 g/mol. The molecule has 4 aliphatic rings. The second kappa shape index (κ2) is 11.6. The topological polar surface area (TPSA) is 75.8 Å². The molecule has 0 amide bonds. The Bertz CT molecular complexity index is 1430. The zero-order valence-corrected chi connectivity index (χ0v) is 23.0. The van der Waals surface area contributed by atoms with Gasteiger partial charge >= 0.3 is 17.1 Å². The van der Waals surface area contributed by atoms with Crippen LogP contribution >= 0.6 is 0 Å². The van der Waals surface area contributed by atoms with Crippen LogP contribution in [0.2, 0.25) is 0 Å². The molecule has 8 heteroatoms. The molecule has 0 aromatic carbocycles. The minimum Gasteiger partial charge on any atom is -1.00 e. The number of hydrogen-bond donors (Lipinski definition) is 2. The monoisotopic (exact) mass is 568 g/mol. The number of fused-ring (bicyclic) bond motifs is 8. The van der Waals surface area contributed by atoms with Crippen molar-refractivity contribution in [3.8, 4) is 0 Å². The first-order valence-corrected chi connectivity index (χ1v) is 13.1. The summed E-state index contributed by atoms with van der Waals surface area (Å²) < 4.78 is 11.3. The third-order valence-electron chi connectivity index (χ3n) is 7.74. The average Bonchev–Trinajstić information content (AvgIpc) is 3.72. The molecule has 3 aromatic heterocycles. The summed E-state index contributed by atoms with van der Waals surface area (Å²) in [6, 6.07) is 13.0. The number of hydrogen-bond acceptors (Lipinski definition) is 4. The molecule has 0 saturated carbocycles. The molecule has 38 heavy (non-hydrogen) atoms. The number of halogens is 1. The van der Waals surface area contributed by atoms with Crippen molar-refractivity contribution in [2.75, 3.05) is 26.4 Å². The Morgan fingerprint density at radius 2 is 1.05 bits per heavy atom. The standard InChI is InChI=1S/C30H30N4O2.ClH.Mn/c1-5-25-29(19-9-13-35-14-10-19)26-7-3-23(33-26)18-24-4-8-28(34-24)30(20-11-15-36-16-12-20)27-6-2-22(32-27)17-21(1)31-25;;/h1-8,17-20,31,33H,9-16H2;1H;/q;;+2/p-1. The second-order valence-corrected chi connectivity index (χ2v) is 10.1. The van der Waals surface area contributed by atoms with E-state index in [-0.39, 0.29) is 29.5 Å². The van der Waals surface area contributed by atoms with Crippen LogP contribution in [0.25, 0.3) is 46.4 Å². The van der Waals surface area contributed by atoms with Crippen LogP contribution in [0.15, 0.2) is 36.4 Å². The van der Waals surface area contributed by atoms with E-state index in [0.29, 0.717) is 11.8 Å². The van der Waals surface area contributed by atoms with Crippen LogP contribution in [0.1, 0.15) is 71.4 Å². The molecule has 2 fully saturated rings. The van der Waals surface area contributed by atoms with Gasteiger partial charge in [-0.25, -0.2) is 9.97 Å². The van der Waals surface area contributed by atoms with Crippen LogP contribution < -0.4 is 12.4 Å². The Balaban J connectivity index is 0.00000147. The predicted octanol–water partition coefficient (Wildman–Crippen LogP) is 3.45. The SMILES string of the molecule is C1=Cc2nc1cc1ccc([nH]1)c(C1CCOCC1)c1ccc(cc3nc(c2C2CCOCC2)C=C3)[nH]1.[Cl-].[Mn+2]. The third-order valence-corrected chi connectivity index (χ3v) is 7.74. The molecule has 6 nitrogen and oxygen atoms in total. The molecule has 2 N–H and O–H groups in total. The Labute approximate surface area is 238 Å². The summed E-state index contributed by atoms with van der Waals surface area (Å²) in [5.41, 5.74) is 11.0. The quantitative estimate of drug-likeness (QED) is 0.320. The maximum Gasteiger partial charge on any atom is 2.00 e. The zero-order valence-electron chi connectivity index (χ0n) is 21.1. The molecular weight excluding hydrogens is 539 g/mol. The van der Waals surface area contributed by atoms with Gasteiger partial charge in [0.2, 0.25) is 0 Å². The van der Waals surface area contributed by atoms with E-state index in [4.69, 9.17) is 19.4 Å². The van der Waals surface area contributed by atoms with Crippen molar-refractivity contribution in [3.05, 3.63) is 70.3 Å². The minimum absolute atomic E-state index is 0. The number of aromatic amines is 2. The molecule has 1 radical (unpaired) electrons. The number of H-pyrrole nitrogens is 2. The fraction of sp³-hybridized carbons (Fsp3) is 0.333. The van der Waals surface area contributed by atoms with Gasteiger partial charge in [0.25, 0.3) is 0 Å². The van der Waals surface area contributed by atoms with Gasteiger partial charge in [0.05, 0.1) is 22.8 Å². The van der Waals surface area contributed by atoms with Crippen molar-refractivity contribution in [1.29, 1.82) is 0 Å². The molecule has 0 unspecified atom stereocenters. The molecule has 0 atom stereocenters. The van der Waals surface area contributed by atoms with Crippen molar-refractivity contribution in [3.63, 3.8) is 0 Å². The van der Waals surface area contributed by atoms with E-state index in [1.807, 2.05) is 0 Å². The molecule has 195 valence electrons. The van der Waals surface area contributed by atoms with Crippen molar-refractivity contribution >= 4 is 46.4 Å². The molecule has 2 saturated heterocycles. The van der Waals surface area contributed by atoms with Crippen LogP contribution in [-0.4, -0.2) is 46.4 Å². The molecule has 0 aliphatic carbocycles. The first-order chi connectivity index (χ1) is 17.8. The summed E-state index contributed by atoms with van der Waals surface area (Å²) in [5, 5.41) is 0. The van der Waals surface area contributed by atoms with Gasteiger partial charge in [-0.15, -0.1) is 0 Å². The van der Waals surface area contributed by atoms with Crippen LogP contribution in [0.3, 0.4) is 0 Å². The Kier molecular flexibility index (Phi) is 8.22. The van der Waals surface area contributed by atoms with Crippen molar-refractivity contribution in [2.45, 2.75) is 37.5 Å². The Hall–Kier alpha value is -2.67. The second-order valence-electron chi connectivity index (χ2n) is 10.1. The molecule has 7 heterocycles. The van der Waals surface area contributed by atoms with E-state index in [1.54, 1.807) is 0 Å². The van der Waals surface area contributed by atoms with E-state index in [1.165, 1.54) is 11.1 Å². The number of nitrogens with zero attached hydrogens (tertiary/aromatic N) is 2. The molecule has 4 aliphatic heterocycles. The van der Waals surface area contributed by atoms with E-state index < -0.39 is 0 Å². The fourth-order valence-corrected chi connectivity index (χ4v) is 5.95. The molecule has 0 spiro atoms. The first-order valence-electron chi connectivity index (χ1n) is 13.1. The summed E-state index contributed by atoms with van der Waals surface area (Å²) in [5.74, 6) is 0.841. The van der Waals surface area contributed by atoms with Crippen molar-refractivity contribution in [2.24, 2.45) is 0 Å². The van der Waals surface area contributed by atoms with Crippen molar-refractivity contribution < 1.29 is 38.9 Å². The summed E-state index contributed by atoms with van der Waals surface area (Å²) in [6.07, 6.45) is 12.6. The maximum absolute atomic E-state index is 5.67. The van der Waals surface area contributed by atoms with Gasteiger partial charge in [0.15, 0.2) is 0 Å². The van der Waals surface area contributed by atoms with E-state index >= 15 is 0 Å². The van der Waals surface area contributed by atoms with Crippen LogP contribution in [0, 0.1) is 0 Å². The van der Waals surface area contributed by atoms with Crippen molar-refractivity contribution in [1.82, 2.24) is 19.9 Å². The number of rotatable bonds is 2. The maximum atomic E-state index is 5.67. The molecule has 8 bridgehead atoms. The van der Waals surface area contributed by atoms with Gasteiger partial charge < -0.3 is 31.8 Å². The Morgan fingerprint density at radius 1 is 0.605 bits per heavy atom. The summed E-state index contributed by atoms with van der Waals surface area (Å²) in [6.45, 7) is 3.19. The third kappa shape index (κ3) is 5.27. The summed E-state index contributed by atoms with van der Waals surface area (Å²) in [7, 11) is 0. The van der Waals surface area contributed by atoms with E-state index in [0.717, 1.165) is 97.0 Å². The fourth-order valence-electron chi connectivity index (χ4n) is 5.95. The predicted molar refractivity (Wildman–Crippen MR) is 144 cm³/mol. The minimum atomic E-state index is 0. The molecule has 3 aromatic rings. The number of aromatic nitrogens is 4. The first kappa shape index (κ1) is 26.9. The zero-order chi connectivity index (χ0) is 23.9. The summed E-state index contributed by atoms with van der Waals surface area (Å²) in [4.78, 5) is 17.5. The van der Waals surface area contributed by atoms with Crippen LogP contribution in [0.4, 0.5) is 0 Å². The normalized spacial score (nSPS) is 17.7. The largest absolute Gasteiger partial charge is 2.00 e. The van der Waals surface area contributed by atoms with Gasteiger partial charge in [-0.3, -0.25) is 0 Å². The van der Waals surface area contributed by atoms with Gasteiger partial charge in [0.1, 0.15) is 0 Å². The van der Waals surface area contributed by atoms with E-state index in [2.05, 4.69) is 70.7 Å². The number of ether oxygens (including phenoxy) is 2. The number of nitrogens with one attached hydrogen (secondary N) is 2. The smallest absolute Gasteiger partial charge is 1.00 e. The van der Waals surface area contributed by atoms with E-state index in [9.17, 15) is 0 Å². The summed E-state index contributed by atoms with van der Waals surface area (Å²) >= 11 is 0. The molecule has 7 rings (SSSR count). The Morgan fingerprint density at radius 3 is 1.53 bits per heavy atom. The van der Waals surface area contributed by atoms with Gasteiger partial charge in [-0.2, -0.15) is 0 Å². The van der Waals surface area contributed by atoms with Crippen LogP contribution in [0.5, 0.6) is 0 Å². The van der Waals surface area contributed by atoms with Crippen LogP contribution in [-0.2, 0) is 26.5 Å². The molecular formula is C30H30ClMnN4O2+. The van der Waals surface area contributed by atoms with Gasteiger partial charge in [-0.1, -0.05) is 0 Å². The van der Waals surface area contributed by atoms with Gasteiger partial charge in [0, 0.05) is 59.6 Å². The van der Waals surface area contributed by atoms with Gasteiger partial charge in [-0.05, 0) is 98.2 Å².